The molecule has 2 heteroatoms. The van der Waals surface area contributed by atoms with E-state index in [4.69, 9.17) is 9.47 Å². The molecule has 82 valence electrons. The van der Waals surface area contributed by atoms with Gasteiger partial charge in [-0.1, -0.05) is 30.3 Å². The third-order valence-corrected chi connectivity index (χ3v) is 2.81. The summed E-state index contributed by atoms with van der Waals surface area (Å²) >= 11 is 0. The third-order valence-electron chi connectivity index (χ3n) is 2.81. The van der Waals surface area contributed by atoms with Gasteiger partial charge in [-0.25, -0.2) is 0 Å². The fourth-order valence-corrected chi connectivity index (χ4v) is 2.24. The van der Waals surface area contributed by atoms with Crippen LogP contribution in [0.3, 0.4) is 0 Å². The molecule has 2 rings (SSSR count). The molecule has 15 heavy (non-hydrogen) atoms. The third kappa shape index (κ3) is 2.21. The molecule has 2 atom stereocenters. The predicted octanol–water partition coefficient (Wildman–Crippen LogP) is 3.07. The van der Waals surface area contributed by atoms with Crippen LogP contribution < -0.4 is 0 Å². The maximum absolute atomic E-state index is 5.91. The van der Waals surface area contributed by atoms with E-state index in [0.29, 0.717) is 0 Å². The first-order valence-electron chi connectivity index (χ1n) is 5.51. The Kier molecular flexibility index (Phi) is 2.81. The molecular formula is C13H18O2. The van der Waals surface area contributed by atoms with Gasteiger partial charge in [0.25, 0.3) is 0 Å². The monoisotopic (exact) mass is 206 g/mol. The maximum Gasteiger partial charge on any atom is 0.192 e. The predicted molar refractivity (Wildman–Crippen MR) is 59.5 cm³/mol. The van der Waals surface area contributed by atoms with Crippen LogP contribution >= 0.6 is 0 Å². The van der Waals surface area contributed by atoms with E-state index >= 15 is 0 Å². The molecule has 1 heterocycles. The van der Waals surface area contributed by atoms with Crippen LogP contribution in [0.5, 0.6) is 0 Å². The summed E-state index contributed by atoms with van der Waals surface area (Å²) < 4.78 is 11.8. The smallest absolute Gasteiger partial charge is 0.192 e. The van der Waals surface area contributed by atoms with E-state index in [2.05, 4.69) is 13.8 Å². The molecule has 1 aliphatic rings. The fraction of sp³-hybridized carbons (Fsp3) is 0.538. The summed E-state index contributed by atoms with van der Waals surface area (Å²) in [5, 5.41) is 0. The molecular weight excluding hydrogens is 188 g/mol. The van der Waals surface area contributed by atoms with Crippen molar-refractivity contribution in [2.24, 2.45) is 0 Å². The number of benzene rings is 1. The zero-order valence-corrected chi connectivity index (χ0v) is 9.57. The van der Waals surface area contributed by atoms with Crippen molar-refractivity contribution < 1.29 is 9.47 Å². The average molecular weight is 206 g/mol. The standard InChI is InChI=1S/C13H18O2/c1-10-9-11(2)15-13(3,14-10)12-7-5-4-6-8-12/h4-8,10-11H,9H2,1-3H3/t10-,11-/m1/s1. The molecule has 0 radical (unpaired) electrons. The second kappa shape index (κ2) is 3.95. The second-order valence-corrected chi connectivity index (χ2v) is 4.40. The number of rotatable bonds is 1. The number of ether oxygens (including phenoxy) is 2. The van der Waals surface area contributed by atoms with E-state index in [1.54, 1.807) is 0 Å². The Morgan fingerprint density at radius 2 is 1.60 bits per heavy atom. The topological polar surface area (TPSA) is 18.5 Å². The fourth-order valence-electron chi connectivity index (χ4n) is 2.24. The van der Waals surface area contributed by atoms with Gasteiger partial charge in [-0.05, 0) is 27.2 Å². The zero-order chi connectivity index (χ0) is 10.9. The van der Waals surface area contributed by atoms with E-state index < -0.39 is 5.79 Å². The van der Waals surface area contributed by atoms with Crippen molar-refractivity contribution in [2.45, 2.75) is 45.2 Å². The van der Waals surface area contributed by atoms with Crippen LogP contribution in [0.1, 0.15) is 32.8 Å². The van der Waals surface area contributed by atoms with Gasteiger partial charge in [-0.2, -0.15) is 0 Å². The van der Waals surface area contributed by atoms with Crippen LogP contribution in [0, 0.1) is 0 Å². The lowest BCUT2D eigenvalue weighted by Gasteiger charge is -2.41. The molecule has 1 aromatic carbocycles. The Morgan fingerprint density at radius 3 is 2.13 bits per heavy atom. The summed E-state index contributed by atoms with van der Waals surface area (Å²) in [6.07, 6.45) is 1.46. The molecule has 1 saturated heterocycles. The van der Waals surface area contributed by atoms with Crippen molar-refractivity contribution in [3.63, 3.8) is 0 Å². The highest BCUT2D eigenvalue weighted by Crippen LogP contribution is 2.35. The Balaban J connectivity index is 2.26. The minimum absolute atomic E-state index is 0.249. The lowest BCUT2D eigenvalue weighted by atomic mass is 10.0. The first-order valence-corrected chi connectivity index (χ1v) is 5.51. The molecule has 0 spiro atoms. The van der Waals surface area contributed by atoms with Gasteiger partial charge in [-0.3, -0.25) is 0 Å². The quantitative estimate of drug-likeness (QED) is 0.703. The second-order valence-electron chi connectivity index (χ2n) is 4.40. The van der Waals surface area contributed by atoms with E-state index in [9.17, 15) is 0 Å². The van der Waals surface area contributed by atoms with E-state index in [0.717, 1.165) is 12.0 Å². The van der Waals surface area contributed by atoms with Gasteiger partial charge in [0.1, 0.15) is 0 Å². The molecule has 0 N–H and O–H groups in total. The van der Waals surface area contributed by atoms with Crippen molar-refractivity contribution in [1.29, 1.82) is 0 Å². The van der Waals surface area contributed by atoms with Gasteiger partial charge < -0.3 is 9.47 Å². The van der Waals surface area contributed by atoms with Crippen LogP contribution in [0.25, 0.3) is 0 Å². The summed E-state index contributed by atoms with van der Waals surface area (Å²) in [5.41, 5.74) is 1.09. The van der Waals surface area contributed by atoms with E-state index in [-0.39, 0.29) is 12.2 Å². The molecule has 1 fully saturated rings. The Hall–Kier alpha value is -0.860. The van der Waals surface area contributed by atoms with Crippen molar-refractivity contribution in [3.8, 4) is 0 Å². The van der Waals surface area contributed by atoms with Gasteiger partial charge in [0.05, 0.1) is 12.2 Å². The normalized spacial score (nSPS) is 36.5. The highest BCUT2D eigenvalue weighted by molar-refractivity contribution is 5.20. The van der Waals surface area contributed by atoms with Gasteiger partial charge >= 0.3 is 0 Å². The number of hydrogen-bond acceptors (Lipinski definition) is 2. The highest BCUT2D eigenvalue weighted by atomic mass is 16.7. The van der Waals surface area contributed by atoms with E-state index in [1.165, 1.54) is 0 Å². The zero-order valence-electron chi connectivity index (χ0n) is 9.57. The minimum atomic E-state index is -0.585. The Bertz CT molecular complexity index is 311. The first-order chi connectivity index (χ1) is 7.10. The largest absolute Gasteiger partial charge is 0.343 e. The molecule has 2 nitrogen and oxygen atoms in total. The maximum atomic E-state index is 5.91. The highest BCUT2D eigenvalue weighted by Gasteiger charge is 2.37. The summed E-state index contributed by atoms with van der Waals surface area (Å²) in [6, 6.07) is 10.1. The molecule has 0 aliphatic carbocycles. The van der Waals surface area contributed by atoms with Crippen LogP contribution in [0.15, 0.2) is 30.3 Å². The first kappa shape index (κ1) is 10.7. The Morgan fingerprint density at radius 1 is 1.07 bits per heavy atom. The molecule has 0 unspecified atom stereocenters. The van der Waals surface area contributed by atoms with Crippen LogP contribution in [0.2, 0.25) is 0 Å². The van der Waals surface area contributed by atoms with Crippen molar-refractivity contribution in [1.82, 2.24) is 0 Å². The van der Waals surface area contributed by atoms with E-state index in [1.807, 2.05) is 37.3 Å². The van der Waals surface area contributed by atoms with Crippen LogP contribution in [-0.2, 0) is 15.3 Å². The molecule has 0 bridgehead atoms. The number of hydrogen-bond donors (Lipinski definition) is 0. The van der Waals surface area contributed by atoms with Gasteiger partial charge in [-0.15, -0.1) is 0 Å². The average Bonchev–Trinajstić information content (AvgIpc) is 2.17. The molecule has 1 aromatic rings. The van der Waals surface area contributed by atoms with Crippen molar-refractivity contribution in [2.75, 3.05) is 0 Å². The SMILES string of the molecule is C[C@@H]1C[C@@H](C)OC(C)(c2ccccc2)O1. The Labute approximate surface area is 91.2 Å². The van der Waals surface area contributed by atoms with Crippen LogP contribution in [0.4, 0.5) is 0 Å². The summed E-state index contributed by atoms with van der Waals surface area (Å²) in [4.78, 5) is 0. The van der Waals surface area contributed by atoms with Crippen LogP contribution in [-0.4, -0.2) is 12.2 Å². The lowest BCUT2D eigenvalue weighted by molar-refractivity contribution is -0.311. The summed E-state index contributed by atoms with van der Waals surface area (Å²) in [7, 11) is 0. The molecule has 0 amide bonds. The molecule has 0 aromatic heterocycles. The van der Waals surface area contributed by atoms with Crippen molar-refractivity contribution >= 4 is 0 Å². The van der Waals surface area contributed by atoms with Gasteiger partial charge in [0.15, 0.2) is 5.79 Å². The lowest BCUT2D eigenvalue weighted by Crippen LogP contribution is -2.42. The van der Waals surface area contributed by atoms with Crippen molar-refractivity contribution in [3.05, 3.63) is 35.9 Å². The van der Waals surface area contributed by atoms with Gasteiger partial charge in [0.2, 0.25) is 0 Å². The summed E-state index contributed by atoms with van der Waals surface area (Å²) in [6.45, 7) is 6.19. The molecule has 1 aliphatic heterocycles. The summed E-state index contributed by atoms with van der Waals surface area (Å²) in [5.74, 6) is -0.585. The van der Waals surface area contributed by atoms with Gasteiger partial charge in [0, 0.05) is 5.56 Å². The minimum Gasteiger partial charge on any atom is -0.343 e. The molecule has 0 saturated carbocycles.